The van der Waals surface area contributed by atoms with Gasteiger partial charge in [-0.05, 0) is 31.6 Å². The van der Waals surface area contributed by atoms with Crippen molar-refractivity contribution in [2.45, 2.75) is 26.7 Å². The number of aryl methyl sites for hydroxylation is 1. The summed E-state index contributed by atoms with van der Waals surface area (Å²) in [7, 11) is 0. The van der Waals surface area contributed by atoms with Crippen molar-refractivity contribution in [3.8, 4) is 0 Å². The summed E-state index contributed by atoms with van der Waals surface area (Å²) in [6, 6.07) is 0.657. The average molecular weight is 180 g/mol. The summed E-state index contributed by atoms with van der Waals surface area (Å²) in [6.07, 6.45) is 4.46. The lowest BCUT2D eigenvalue weighted by Crippen LogP contribution is -2.12. The Morgan fingerprint density at radius 2 is 2.46 bits per heavy atom. The van der Waals surface area contributed by atoms with Crippen molar-refractivity contribution in [1.82, 2.24) is 4.98 Å². The van der Waals surface area contributed by atoms with Gasteiger partial charge in [0.2, 0.25) is 0 Å². The van der Waals surface area contributed by atoms with Crippen LogP contribution in [0, 0.1) is 18.8 Å². The van der Waals surface area contributed by atoms with Crippen molar-refractivity contribution in [3.05, 3.63) is 12.0 Å². The number of hydrogen-bond acceptors (Lipinski definition) is 3. The molecule has 3 nitrogen and oxygen atoms in total. The summed E-state index contributed by atoms with van der Waals surface area (Å²) < 4.78 is 5.19. The fourth-order valence-electron chi connectivity index (χ4n) is 1.52. The Hall–Kier alpha value is -0.990. The van der Waals surface area contributed by atoms with Crippen LogP contribution in [0.1, 0.15) is 25.5 Å². The number of anilines is 1. The van der Waals surface area contributed by atoms with Crippen LogP contribution >= 0.6 is 0 Å². The molecule has 0 bridgehead atoms. The van der Waals surface area contributed by atoms with Crippen molar-refractivity contribution in [1.29, 1.82) is 0 Å². The van der Waals surface area contributed by atoms with E-state index >= 15 is 0 Å². The van der Waals surface area contributed by atoms with E-state index in [1.54, 1.807) is 6.26 Å². The lowest BCUT2D eigenvalue weighted by atomic mass is 10.1. The zero-order chi connectivity index (χ0) is 9.26. The fourth-order valence-corrected chi connectivity index (χ4v) is 1.52. The lowest BCUT2D eigenvalue weighted by molar-refractivity contribution is 0.514. The van der Waals surface area contributed by atoms with Gasteiger partial charge in [-0.3, -0.25) is 0 Å². The van der Waals surface area contributed by atoms with Crippen LogP contribution in [0.15, 0.2) is 10.7 Å². The van der Waals surface area contributed by atoms with Gasteiger partial charge in [0.05, 0.1) is 5.69 Å². The minimum atomic E-state index is 0.657. The maximum atomic E-state index is 5.19. The molecule has 1 unspecified atom stereocenters. The number of nitrogens with one attached hydrogen (secondary N) is 1. The second kappa shape index (κ2) is 3.40. The van der Waals surface area contributed by atoms with Crippen LogP contribution in [0.5, 0.6) is 0 Å². The molecular weight excluding hydrogens is 164 g/mol. The highest BCUT2D eigenvalue weighted by Gasteiger charge is 2.27. The third kappa shape index (κ3) is 2.23. The van der Waals surface area contributed by atoms with Crippen LogP contribution in [-0.2, 0) is 0 Å². The minimum Gasteiger partial charge on any atom is -0.432 e. The van der Waals surface area contributed by atoms with Gasteiger partial charge in [-0.25, -0.2) is 0 Å². The summed E-state index contributed by atoms with van der Waals surface area (Å²) in [5.74, 6) is 1.68. The molecule has 1 heterocycles. The van der Waals surface area contributed by atoms with Gasteiger partial charge < -0.3 is 9.73 Å². The van der Waals surface area contributed by atoms with Crippen molar-refractivity contribution in [2.24, 2.45) is 11.8 Å². The summed E-state index contributed by atoms with van der Waals surface area (Å²) >= 11 is 0. The van der Waals surface area contributed by atoms with Gasteiger partial charge in [-0.15, -0.1) is 0 Å². The molecule has 13 heavy (non-hydrogen) atoms. The third-order valence-corrected chi connectivity index (χ3v) is 2.62. The van der Waals surface area contributed by atoms with E-state index in [1.165, 1.54) is 12.8 Å². The first kappa shape index (κ1) is 8.60. The highest BCUT2D eigenvalue weighted by molar-refractivity contribution is 5.20. The standard InChI is InChI=1S/C10H16N2O/c1-7(9-3-4-9)5-11-10-12-8(2)6-13-10/h6-7,9H,3-5H2,1-2H3,(H,11,12). The van der Waals surface area contributed by atoms with E-state index in [1.807, 2.05) is 6.92 Å². The molecule has 1 aliphatic carbocycles. The molecule has 1 aromatic heterocycles. The minimum absolute atomic E-state index is 0.657. The van der Waals surface area contributed by atoms with E-state index in [4.69, 9.17) is 4.42 Å². The summed E-state index contributed by atoms with van der Waals surface area (Å²) in [5.41, 5.74) is 0.932. The Kier molecular flexibility index (Phi) is 2.25. The smallest absolute Gasteiger partial charge is 0.294 e. The van der Waals surface area contributed by atoms with Crippen molar-refractivity contribution >= 4 is 6.01 Å². The van der Waals surface area contributed by atoms with Gasteiger partial charge in [0.15, 0.2) is 0 Å². The number of aromatic nitrogens is 1. The Bertz CT molecular complexity index is 278. The third-order valence-electron chi connectivity index (χ3n) is 2.62. The molecule has 1 fully saturated rings. The summed E-state index contributed by atoms with van der Waals surface area (Å²) in [6.45, 7) is 5.18. The first-order chi connectivity index (χ1) is 6.25. The number of rotatable bonds is 4. The van der Waals surface area contributed by atoms with E-state index in [2.05, 4.69) is 17.2 Å². The summed E-state index contributed by atoms with van der Waals surface area (Å²) in [4.78, 5) is 4.18. The molecule has 1 atom stereocenters. The van der Waals surface area contributed by atoms with E-state index in [0.29, 0.717) is 6.01 Å². The van der Waals surface area contributed by atoms with Crippen LogP contribution in [0.2, 0.25) is 0 Å². The molecule has 0 aromatic carbocycles. The molecule has 2 rings (SSSR count). The molecule has 1 saturated carbocycles. The summed E-state index contributed by atoms with van der Waals surface area (Å²) in [5, 5.41) is 3.21. The molecule has 0 saturated heterocycles. The Balaban J connectivity index is 1.78. The molecule has 1 aromatic rings. The Labute approximate surface area is 78.5 Å². The number of oxazole rings is 1. The van der Waals surface area contributed by atoms with Crippen LogP contribution < -0.4 is 5.32 Å². The molecule has 0 aliphatic heterocycles. The molecular formula is C10H16N2O. The molecule has 3 heteroatoms. The first-order valence-corrected chi connectivity index (χ1v) is 4.91. The zero-order valence-electron chi connectivity index (χ0n) is 8.21. The fraction of sp³-hybridized carbons (Fsp3) is 0.700. The predicted molar refractivity (Wildman–Crippen MR) is 51.6 cm³/mol. The second-order valence-electron chi connectivity index (χ2n) is 3.99. The maximum Gasteiger partial charge on any atom is 0.294 e. The van der Waals surface area contributed by atoms with Crippen molar-refractivity contribution in [2.75, 3.05) is 11.9 Å². The molecule has 0 spiro atoms. The van der Waals surface area contributed by atoms with Gasteiger partial charge in [0, 0.05) is 6.54 Å². The van der Waals surface area contributed by atoms with Crippen LogP contribution in [-0.4, -0.2) is 11.5 Å². The molecule has 0 amide bonds. The van der Waals surface area contributed by atoms with Gasteiger partial charge in [0.1, 0.15) is 6.26 Å². The Morgan fingerprint density at radius 1 is 1.69 bits per heavy atom. The van der Waals surface area contributed by atoms with E-state index in [0.717, 1.165) is 24.1 Å². The predicted octanol–water partition coefficient (Wildman–Crippen LogP) is 2.44. The number of hydrogen-bond donors (Lipinski definition) is 1. The topological polar surface area (TPSA) is 38.1 Å². The quantitative estimate of drug-likeness (QED) is 0.773. The van der Waals surface area contributed by atoms with Crippen LogP contribution in [0.25, 0.3) is 0 Å². The molecule has 72 valence electrons. The zero-order valence-corrected chi connectivity index (χ0v) is 8.21. The van der Waals surface area contributed by atoms with Gasteiger partial charge in [-0.2, -0.15) is 4.98 Å². The average Bonchev–Trinajstić information content (AvgIpc) is 2.87. The first-order valence-electron chi connectivity index (χ1n) is 4.91. The SMILES string of the molecule is Cc1coc(NCC(C)C2CC2)n1. The molecule has 1 aliphatic rings. The maximum absolute atomic E-state index is 5.19. The normalized spacial score (nSPS) is 18.6. The largest absolute Gasteiger partial charge is 0.432 e. The highest BCUT2D eigenvalue weighted by atomic mass is 16.4. The van der Waals surface area contributed by atoms with E-state index < -0.39 is 0 Å². The van der Waals surface area contributed by atoms with E-state index in [-0.39, 0.29) is 0 Å². The van der Waals surface area contributed by atoms with Crippen molar-refractivity contribution in [3.63, 3.8) is 0 Å². The lowest BCUT2D eigenvalue weighted by Gasteiger charge is -2.08. The van der Waals surface area contributed by atoms with Crippen LogP contribution in [0.3, 0.4) is 0 Å². The van der Waals surface area contributed by atoms with Gasteiger partial charge >= 0.3 is 0 Å². The van der Waals surface area contributed by atoms with Gasteiger partial charge in [-0.1, -0.05) is 6.92 Å². The van der Waals surface area contributed by atoms with Crippen LogP contribution in [0.4, 0.5) is 6.01 Å². The monoisotopic (exact) mass is 180 g/mol. The molecule has 0 radical (unpaired) electrons. The number of nitrogens with zero attached hydrogens (tertiary/aromatic N) is 1. The second-order valence-corrected chi connectivity index (χ2v) is 3.99. The van der Waals surface area contributed by atoms with Gasteiger partial charge in [0.25, 0.3) is 6.01 Å². The highest BCUT2D eigenvalue weighted by Crippen LogP contribution is 2.36. The molecule has 1 N–H and O–H groups in total. The Morgan fingerprint density at radius 3 is 3.00 bits per heavy atom. The van der Waals surface area contributed by atoms with E-state index in [9.17, 15) is 0 Å². The van der Waals surface area contributed by atoms with Crippen molar-refractivity contribution < 1.29 is 4.42 Å².